The fourth-order valence-electron chi connectivity index (χ4n) is 6.40. The van der Waals surface area contributed by atoms with Crippen LogP contribution in [0, 0.1) is 11.3 Å². The molecule has 0 N–H and O–H groups in total. The minimum Gasteiger partial charge on any atom is -0.376 e. The molecule has 1 spiro atoms. The predicted octanol–water partition coefficient (Wildman–Crippen LogP) is 4.75. The molecule has 3 saturated heterocycles. The molecule has 0 radical (unpaired) electrons. The molecule has 2 aromatic heterocycles. The van der Waals surface area contributed by atoms with E-state index in [0.717, 1.165) is 36.1 Å². The maximum absolute atomic E-state index is 6.01. The molecule has 5 heterocycles. The molecule has 5 rings (SSSR count). The number of ether oxygens (including phenoxy) is 1. The lowest BCUT2D eigenvalue weighted by Gasteiger charge is -2.54. The van der Waals surface area contributed by atoms with Crippen molar-refractivity contribution >= 4 is 27.4 Å². The van der Waals surface area contributed by atoms with E-state index < -0.39 is 0 Å². The first-order valence-corrected chi connectivity index (χ1v) is 12.7. The van der Waals surface area contributed by atoms with E-state index in [4.69, 9.17) is 9.72 Å². The van der Waals surface area contributed by atoms with Crippen molar-refractivity contribution in [3.05, 3.63) is 17.3 Å². The van der Waals surface area contributed by atoms with Crippen LogP contribution in [0.5, 0.6) is 0 Å². The molecule has 3 atom stereocenters. The Labute approximate surface area is 184 Å². The van der Waals surface area contributed by atoms with E-state index in [9.17, 15) is 0 Å². The van der Waals surface area contributed by atoms with Crippen LogP contribution in [0.2, 0.25) is 0 Å². The second kappa shape index (κ2) is 8.03. The molecule has 3 unspecified atom stereocenters. The van der Waals surface area contributed by atoms with Crippen LogP contribution in [0.3, 0.4) is 0 Å². The molecular weight excluding hydrogens is 392 g/mol. The molecule has 164 valence electrons. The normalized spacial score (nSPS) is 30.1. The summed E-state index contributed by atoms with van der Waals surface area (Å²) in [6.07, 6.45) is 8.62. The van der Waals surface area contributed by atoms with Gasteiger partial charge in [0, 0.05) is 42.5 Å². The van der Waals surface area contributed by atoms with E-state index in [1.165, 1.54) is 49.0 Å². The molecule has 2 aromatic rings. The third-order valence-corrected chi connectivity index (χ3v) is 8.88. The van der Waals surface area contributed by atoms with Crippen molar-refractivity contribution in [1.29, 1.82) is 0 Å². The van der Waals surface area contributed by atoms with Gasteiger partial charge in [-0.05, 0) is 57.9 Å². The first kappa shape index (κ1) is 20.7. The zero-order valence-electron chi connectivity index (χ0n) is 18.9. The summed E-state index contributed by atoms with van der Waals surface area (Å²) in [6, 6.07) is 3.03. The largest absolute Gasteiger partial charge is 0.376 e. The summed E-state index contributed by atoms with van der Waals surface area (Å²) >= 11 is 1.82. The molecule has 0 bridgehead atoms. The molecule has 30 heavy (non-hydrogen) atoms. The topological polar surface area (TPSA) is 41.5 Å². The van der Waals surface area contributed by atoms with E-state index in [1.807, 2.05) is 11.3 Å². The fourth-order valence-corrected chi connectivity index (χ4v) is 7.33. The summed E-state index contributed by atoms with van der Waals surface area (Å²) in [7, 11) is 0. The van der Waals surface area contributed by atoms with E-state index in [-0.39, 0.29) is 0 Å². The molecule has 6 heteroatoms. The minimum absolute atomic E-state index is 0.406. The Morgan fingerprint density at radius 1 is 1.17 bits per heavy atom. The van der Waals surface area contributed by atoms with Crippen LogP contribution in [0.1, 0.15) is 58.3 Å². The number of thiophene rings is 1. The van der Waals surface area contributed by atoms with Gasteiger partial charge >= 0.3 is 0 Å². The Morgan fingerprint density at radius 2 is 1.93 bits per heavy atom. The zero-order chi connectivity index (χ0) is 20.9. The lowest BCUT2D eigenvalue weighted by Crippen LogP contribution is -2.62. The number of anilines is 1. The van der Waals surface area contributed by atoms with Crippen molar-refractivity contribution in [2.75, 3.05) is 31.1 Å². The standard InChI is InChI=1S/C24H36N4OS/c1-5-19-11-20-22(25-15-26-23(20)30-19)27-8-7-24(12-27)13-28(14-24)21(6-2)18-9-16(3)29-17(4)10-18/h11,15-18,21H,5-10,12-14H2,1-4H3. The van der Waals surface area contributed by atoms with Gasteiger partial charge in [-0.15, -0.1) is 11.3 Å². The highest BCUT2D eigenvalue weighted by Crippen LogP contribution is 2.45. The summed E-state index contributed by atoms with van der Waals surface area (Å²) in [5.41, 5.74) is 0.455. The molecule has 0 aromatic carbocycles. The molecule has 5 nitrogen and oxygen atoms in total. The molecule has 0 amide bonds. The first-order valence-electron chi connectivity index (χ1n) is 11.9. The maximum atomic E-state index is 6.01. The SMILES string of the molecule is CCc1cc2c(N3CCC4(C3)CN(C(CC)C3CC(C)OC(C)C3)C4)ncnc2s1. The van der Waals surface area contributed by atoms with Gasteiger partial charge in [0.25, 0.3) is 0 Å². The highest BCUT2D eigenvalue weighted by Gasteiger charge is 2.51. The van der Waals surface area contributed by atoms with Gasteiger partial charge in [0.15, 0.2) is 0 Å². The van der Waals surface area contributed by atoms with Crippen LogP contribution < -0.4 is 4.90 Å². The number of nitrogens with zero attached hydrogens (tertiary/aromatic N) is 4. The smallest absolute Gasteiger partial charge is 0.140 e. The van der Waals surface area contributed by atoms with Crippen LogP contribution in [0.4, 0.5) is 5.82 Å². The fraction of sp³-hybridized carbons (Fsp3) is 0.750. The van der Waals surface area contributed by atoms with Gasteiger partial charge < -0.3 is 9.64 Å². The van der Waals surface area contributed by atoms with Gasteiger partial charge in [0.2, 0.25) is 0 Å². The quantitative estimate of drug-likeness (QED) is 0.687. The molecular formula is C24H36N4OS. The summed E-state index contributed by atoms with van der Waals surface area (Å²) in [5, 5.41) is 1.25. The number of likely N-dealkylation sites (tertiary alicyclic amines) is 1. The summed E-state index contributed by atoms with van der Waals surface area (Å²) in [5.74, 6) is 1.94. The summed E-state index contributed by atoms with van der Waals surface area (Å²) in [6.45, 7) is 13.9. The number of hydrogen-bond donors (Lipinski definition) is 0. The van der Waals surface area contributed by atoms with Crippen molar-refractivity contribution in [2.24, 2.45) is 11.3 Å². The molecule has 3 fully saturated rings. The highest BCUT2D eigenvalue weighted by atomic mass is 32.1. The monoisotopic (exact) mass is 428 g/mol. The Bertz CT molecular complexity index is 882. The van der Waals surface area contributed by atoms with Gasteiger partial charge in [-0.1, -0.05) is 13.8 Å². The van der Waals surface area contributed by atoms with Crippen LogP contribution in [0.25, 0.3) is 10.2 Å². The summed E-state index contributed by atoms with van der Waals surface area (Å²) < 4.78 is 6.01. The van der Waals surface area contributed by atoms with E-state index in [1.54, 1.807) is 6.33 Å². The maximum Gasteiger partial charge on any atom is 0.140 e. The van der Waals surface area contributed by atoms with Gasteiger partial charge in [-0.2, -0.15) is 0 Å². The van der Waals surface area contributed by atoms with Gasteiger partial charge in [0.05, 0.1) is 17.6 Å². The van der Waals surface area contributed by atoms with Crippen LogP contribution in [0.15, 0.2) is 12.4 Å². The second-order valence-electron chi connectivity index (χ2n) is 10.0. The van der Waals surface area contributed by atoms with Gasteiger partial charge in [-0.25, -0.2) is 9.97 Å². The minimum atomic E-state index is 0.406. The van der Waals surface area contributed by atoms with Crippen molar-refractivity contribution in [1.82, 2.24) is 14.9 Å². The molecule has 0 aliphatic carbocycles. The average Bonchev–Trinajstić information content (AvgIpc) is 3.31. The van der Waals surface area contributed by atoms with Gasteiger partial charge in [0.1, 0.15) is 17.0 Å². The number of aryl methyl sites for hydroxylation is 1. The van der Waals surface area contributed by atoms with Crippen molar-refractivity contribution in [3.63, 3.8) is 0 Å². The third-order valence-electron chi connectivity index (χ3n) is 7.69. The molecule has 3 aliphatic heterocycles. The summed E-state index contributed by atoms with van der Waals surface area (Å²) in [4.78, 5) is 17.1. The molecule has 0 saturated carbocycles. The van der Waals surface area contributed by atoms with Crippen LogP contribution >= 0.6 is 11.3 Å². The average molecular weight is 429 g/mol. The second-order valence-corrected chi connectivity index (χ2v) is 11.1. The van der Waals surface area contributed by atoms with Crippen molar-refractivity contribution < 1.29 is 4.74 Å². The van der Waals surface area contributed by atoms with Gasteiger partial charge in [-0.3, -0.25) is 4.90 Å². The lowest BCUT2D eigenvalue weighted by molar-refractivity contribution is -0.0962. The first-order chi connectivity index (χ1) is 14.5. The Kier molecular flexibility index (Phi) is 5.53. The van der Waals surface area contributed by atoms with E-state index in [2.05, 4.69) is 48.5 Å². The Hall–Kier alpha value is -1.24. The van der Waals surface area contributed by atoms with Crippen molar-refractivity contribution in [3.8, 4) is 0 Å². The molecule has 3 aliphatic rings. The lowest BCUT2D eigenvalue weighted by atomic mass is 9.74. The number of aromatic nitrogens is 2. The zero-order valence-corrected chi connectivity index (χ0v) is 19.7. The van der Waals surface area contributed by atoms with Crippen LogP contribution in [-0.2, 0) is 11.2 Å². The predicted molar refractivity (Wildman–Crippen MR) is 124 cm³/mol. The third kappa shape index (κ3) is 3.65. The van der Waals surface area contributed by atoms with E-state index >= 15 is 0 Å². The number of fused-ring (bicyclic) bond motifs is 1. The Balaban J connectivity index is 1.26. The van der Waals surface area contributed by atoms with Crippen molar-refractivity contribution in [2.45, 2.75) is 78.0 Å². The van der Waals surface area contributed by atoms with E-state index in [0.29, 0.717) is 23.7 Å². The Morgan fingerprint density at radius 3 is 2.63 bits per heavy atom. The highest BCUT2D eigenvalue weighted by molar-refractivity contribution is 7.18. The van der Waals surface area contributed by atoms with Crippen LogP contribution in [-0.4, -0.2) is 59.3 Å². The number of rotatable bonds is 5. The number of hydrogen-bond acceptors (Lipinski definition) is 6.